The summed E-state index contributed by atoms with van der Waals surface area (Å²) in [5.41, 5.74) is 2.37. The van der Waals surface area contributed by atoms with Crippen LogP contribution in [0, 0.1) is 5.92 Å². The van der Waals surface area contributed by atoms with Crippen LogP contribution < -0.4 is 4.74 Å². The minimum atomic E-state index is -0.948. The molecule has 0 saturated heterocycles. The summed E-state index contributed by atoms with van der Waals surface area (Å²) < 4.78 is 19.9. The standard InChI is InChI=1S/C33H53FN2O/c1-4-6-8-9-10-11-12-13-14-16-18-29-20-22-30(23-21-29)33-35-25-32(26-36-33)37-27-31(34)24-19-28(3)17-15-7-5-2/h20-23,25-26,28,31H,4-19,24,27H2,1-3H3. The van der Waals surface area contributed by atoms with Gasteiger partial charge in [-0.1, -0.05) is 129 Å². The lowest BCUT2D eigenvalue weighted by Crippen LogP contribution is -2.14. The highest BCUT2D eigenvalue weighted by atomic mass is 19.1. The number of unbranched alkanes of at least 4 members (excludes halogenated alkanes) is 11. The summed E-state index contributed by atoms with van der Waals surface area (Å²) in [6.45, 7) is 6.78. The number of hydrogen-bond acceptors (Lipinski definition) is 3. The molecule has 2 rings (SSSR count). The van der Waals surface area contributed by atoms with Crippen molar-refractivity contribution in [2.24, 2.45) is 5.92 Å². The van der Waals surface area contributed by atoms with Gasteiger partial charge in [0.15, 0.2) is 11.6 Å². The first-order valence-electron chi connectivity index (χ1n) is 15.3. The van der Waals surface area contributed by atoms with E-state index in [-0.39, 0.29) is 6.61 Å². The first kappa shape index (κ1) is 31.2. The zero-order chi connectivity index (χ0) is 26.6. The van der Waals surface area contributed by atoms with Gasteiger partial charge in [-0.3, -0.25) is 0 Å². The molecule has 1 heterocycles. The molecular formula is C33H53FN2O. The highest BCUT2D eigenvalue weighted by Crippen LogP contribution is 2.20. The Morgan fingerprint density at radius 2 is 1.27 bits per heavy atom. The van der Waals surface area contributed by atoms with Crippen LogP contribution in [0.25, 0.3) is 11.4 Å². The molecule has 3 nitrogen and oxygen atoms in total. The average Bonchev–Trinajstić information content (AvgIpc) is 2.92. The number of benzene rings is 1. The number of nitrogens with zero attached hydrogens (tertiary/aromatic N) is 2. The molecule has 0 aliphatic rings. The maximum atomic E-state index is 14.3. The second-order valence-corrected chi connectivity index (χ2v) is 11.0. The van der Waals surface area contributed by atoms with E-state index in [1.807, 2.05) is 0 Å². The van der Waals surface area contributed by atoms with Crippen LogP contribution in [0.5, 0.6) is 5.75 Å². The maximum absolute atomic E-state index is 14.3. The molecule has 0 amide bonds. The lowest BCUT2D eigenvalue weighted by atomic mass is 9.97. The van der Waals surface area contributed by atoms with E-state index >= 15 is 0 Å². The Hall–Kier alpha value is -1.97. The number of rotatable bonds is 22. The Kier molecular flexibility index (Phi) is 16.9. The Bertz CT molecular complexity index is 793. The van der Waals surface area contributed by atoms with Crippen molar-refractivity contribution in [2.75, 3.05) is 6.61 Å². The summed E-state index contributed by atoms with van der Waals surface area (Å²) in [4.78, 5) is 8.88. The van der Waals surface area contributed by atoms with Crippen molar-refractivity contribution >= 4 is 0 Å². The first-order chi connectivity index (χ1) is 18.1. The molecule has 0 fully saturated rings. The van der Waals surface area contributed by atoms with E-state index in [4.69, 9.17) is 4.74 Å². The normalized spacial score (nSPS) is 13.0. The average molecular weight is 513 g/mol. The molecule has 4 heteroatoms. The van der Waals surface area contributed by atoms with Crippen molar-refractivity contribution in [3.8, 4) is 17.1 Å². The molecule has 0 spiro atoms. The molecule has 0 saturated carbocycles. The largest absolute Gasteiger partial charge is 0.487 e. The van der Waals surface area contributed by atoms with Gasteiger partial charge in [-0.25, -0.2) is 14.4 Å². The molecule has 0 bridgehead atoms. The molecule has 2 atom stereocenters. The van der Waals surface area contributed by atoms with Crippen LogP contribution in [-0.2, 0) is 6.42 Å². The molecule has 2 unspecified atom stereocenters. The zero-order valence-corrected chi connectivity index (χ0v) is 24.0. The molecule has 0 N–H and O–H groups in total. The van der Waals surface area contributed by atoms with E-state index in [1.54, 1.807) is 12.4 Å². The van der Waals surface area contributed by atoms with Crippen LogP contribution in [0.4, 0.5) is 4.39 Å². The number of ether oxygens (including phenoxy) is 1. The van der Waals surface area contributed by atoms with Gasteiger partial charge >= 0.3 is 0 Å². The van der Waals surface area contributed by atoms with E-state index in [2.05, 4.69) is 55.0 Å². The third-order valence-corrected chi connectivity index (χ3v) is 7.36. The Morgan fingerprint density at radius 3 is 1.89 bits per heavy atom. The monoisotopic (exact) mass is 512 g/mol. The fourth-order valence-electron chi connectivity index (χ4n) is 4.80. The maximum Gasteiger partial charge on any atom is 0.159 e. The van der Waals surface area contributed by atoms with Crippen molar-refractivity contribution in [3.63, 3.8) is 0 Å². The number of aryl methyl sites for hydroxylation is 1. The van der Waals surface area contributed by atoms with E-state index in [1.165, 1.54) is 95.5 Å². The highest BCUT2D eigenvalue weighted by molar-refractivity contribution is 5.55. The predicted molar refractivity (Wildman–Crippen MR) is 156 cm³/mol. The first-order valence-corrected chi connectivity index (χ1v) is 15.3. The van der Waals surface area contributed by atoms with Gasteiger partial charge in [0.1, 0.15) is 12.8 Å². The number of hydrogen-bond donors (Lipinski definition) is 0. The van der Waals surface area contributed by atoms with Gasteiger partial charge in [-0.2, -0.15) is 0 Å². The topological polar surface area (TPSA) is 35.0 Å². The quantitative estimate of drug-likeness (QED) is 0.147. The van der Waals surface area contributed by atoms with Crippen LogP contribution >= 0.6 is 0 Å². The number of aromatic nitrogens is 2. The van der Waals surface area contributed by atoms with Gasteiger partial charge in [0.2, 0.25) is 0 Å². The van der Waals surface area contributed by atoms with Crippen molar-refractivity contribution < 1.29 is 9.13 Å². The van der Waals surface area contributed by atoms with Gasteiger partial charge in [0, 0.05) is 5.56 Å². The van der Waals surface area contributed by atoms with Gasteiger partial charge in [0.05, 0.1) is 12.4 Å². The van der Waals surface area contributed by atoms with Gasteiger partial charge in [-0.05, 0) is 37.2 Å². The molecule has 0 radical (unpaired) electrons. The molecule has 2 aromatic rings. The fraction of sp³-hybridized carbons (Fsp3) is 0.697. The van der Waals surface area contributed by atoms with E-state index in [9.17, 15) is 4.39 Å². The van der Waals surface area contributed by atoms with Gasteiger partial charge in [0.25, 0.3) is 0 Å². The minimum Gasteiger partial charge on any atom is -0.487 e. The Labute approximate surface area is 227 Å². The van der Waals surface area contributed by atoms with Crippen molar-refractivity contribution in [3.05, 3.63) is 42.2 Å². The Balaban J connectivity index is 1.61. The van der Waals surface area contributed by atoms with E-state index < -0.39 is 6.17 Å². The molecule has 1 aromatic heterocycles. The lowest BCUT2D eigenvalue weighted by molar-refractivity contribution is 0.177. The number of alkyl halides is 1. The van der Waals surface area contributed by atoms with Crippen LogP contribution in [0.2, 0.25) is 0 Å². The third-order valence-electron chi connectivity index (χ3n) is 7.36. The summed E-state index contributed by atoms with van der Waals surface area (Å²) in [6.07, 6.45) is 23.6. The summed E-state index contributed by atoms with van der Waals surface area (Å²) in [5, 5.41) is 0. The van der Waals surface area contributed by atoms with Crippen LogP contribution in [0.1, 0.15) is 129 Å². The Morgan fingerprint density at radius 1 is 0.703 bits per heavy atom. The fourth-order valence-corrected chi connectivity index (χ4v) is 4.80. The second-order valence-electron chi connectivity index (χ2n) is 11.0. The van der Waals surface area contributed by atoms with E-state index in [0.717, 1.165) is 18.4 Å². The van der Waals surface area contributed by atoms with Gasteiger partial charge < -0.3 is 4.74 Å². The van der Waals surface area contributed by atoms with E-state index in [0.29, 0.717) is 23.9 Å². The molecule has 37 heavy (non-hydrogen) atoms. The molecular weight excluding hydrogens is 459 g/mol. The molecule has 1 aromatic carbocycles. The second kappa shape index (κ2) is 20.1. The van der Waals surface area contributed by atoms with Crippen LogP contribution in [0.15, 0.2) is 36.7 Å². The van der Waals surface area contributed by atoms with Crippen molar-refractivity contribution in [2.45, 2.75) is 136 Å². The minimum absolute atomic E-state index is 0.0675. The van der Waals surface area contributed by atoms with Crippen molar-refractivity contribution in [1.82, 2.24) is 9.97 Å². The SMILES string of the molecule is CCCCCCCCCCCCc1ccc(-c2ncc(OCC(F)CCC(C)CCCCC)cn2)cc1. The zero-order valence-electron chi connectivity index (χ0n) is 24.0. The van der Waals surface area contributed by atoms with Gasteiger partial charge in [-0.15, -0.1) is 0 Å². The van der Waals surface area contributed by atoms with Crippen LogP contribution in [0.3, 0.4) is 0 Å². The molecule has 0 aliphatic carbocycles. The summed E-state index contributed by atoms with van der Waals surface area (Å²) in [5.74, 6) is 1.78. The highest BCUT2D eigenvalue weighted by Gasteiger charge is 2.11. The lowest BCUT2D eigenvalue weighted by Gasteiger charge is -2.14. The summed E-state index contributed by atoms with van der Waals surface area (Å²) >= 11 is 0. The third kappa shape index (κ3) is 14.5. The number of halogens is 1. The predicted octanol–water partition coefficient (Wildman–Crippen LogP) is 10.3. The van der Waals surface area contributed by atoms with Crippen molar-refractivity contribution in [1.29, 1.82) is 0 Å². The molecule has 208 valence electrons. The summed E-state index contributed by atoms with van der Waals surface area (Å²) in [7, 11) is 0. The molecule has 0 aliphatic heterocycles. The smallest absolute Gasteiger partial charge is 0.159 e. The van der Waals surface area contributed by atoms with Crippen LogP contribution in [-0.4, -0.2) is 22.7 Å². The summed E-state index contributed by atoms with van der Waals surface area (Å²) in [6, 6.07) is 8.57.